The van der Waals surface area contributed by atoms with E-state index in [1.165, 1.54) is 24.8 Å². The van der Waals surface area contributed by atoms with Crippen LogP contribution in [0.15, 0.2) is 11.6 Å². The number of amides is 1. The first-order chi connectivity index (χ1) is 13.5. The van der Waals surface area contributed by atoms with E-state index in [2.05, 4.69) is 48.0 Å². The van der Waals surface area contributed by atoms with Gasteiger partial charge in [0.25, 0.3) is 0 Å². The summed E-state index contributed by atoms with van der Waals surface area (Å²) in [6.07, 6.45) is 8.92. The summed E-state index contributed by atoms with van der Waals surface area (Å²) in [5, 5.41) is 12.8. The van der Waals surface area contributed by atoms with Crippen LogP contribution < -0.4 is 5.32 Å². The number of hydrogen-bond donors (Lipinski definition) is 1. The Morgan fingerprint density at radius 1 is 1.29 bits per heavy atom. The number of carbonyl (C=O) groups is 1. The molecule has 1 unspecified atom stereocenters. The topological polar surface area (TPSA) is 59.4 Å². The fourth-order valence-corrected chi connectivity index (χ4v) is 5.38. The Balaban J connectivity index is 1.53. The largest absolute Gasteiger partial charge is 0.340 e. The lowest BCUT2D eigenvalue weighted by molar-refractivity contribution is -0.134. The van der Waals surface area contributed by atoms with Gasteiger partial charge in [-0.3, -0.25) is 9.69 Å². The molecule has 28 heavy (non-hydrogen) atoms. The fraction of sp³-hybridized carbons (Fsp3) is 0.826. The number of rotatable bonds is 5. The second-order valence-corrected chi connectivity index (χ2v) is 9.36. The molecule has 2 saturated heterocycles. The molecule has 2 aliphatic heterocycles. The molecular weight excluding hydrogens is 348 g/mol. The summed E-state index contributed by atoms with van der Waals surface area (Å²) in [6, 6.07) is 2.35. The van der Waals surface area contributed by atoms with E-state index in [0.29, 0.717) is 48.6 Å². The van der Waals surface area contributed by atoms with Gasteiger partial charge in [0, 0.05) is 39.0 Å². The maximum atomic E-state index is 13.0. The molecular formula is C23H38N4O. The minimum Gasteiger partial charge on any atom is -0.340 e. The molecule has 0 aromatic carbocycles. The van der Waals surface area contributed by atoms with Crippen molar-refractivity contribution in [2.24, 2.45) is 23.7 Å². The van der Waals surface area contributed by atoms with Crippen molar-refractivity contribution in [2.45, 2.75) is 65.5 Å². The molecule has 5 nitrogen and oxygen atoms in total. The molecule has 156 valence electrons. The third kappa shape index (κ3) is 5.15. The van der Waals surface area contributed by atoms with Gasteiger partial charge in [0.2, 0.25) is 5.91 Å². The van der Waals surface area contributed by atoms with E-state index in [-0.39, 0.29) is 0 Å². The van der Waals surface area contributed by atoms with Gasteiger partial charge in [-0.2, -0.15) is 5.26 Å². The van der Waals surface area contributed by atoms with Gasteiger partial charge >= 0.3 is 0 Å². The lowest BCUT2D eigenvalue weighted by Gasteiger charge is -2.42. The van der Waals surface area contributed by atoms with E-state index >= 15 is 0 Å². The van der Waals surface area contributed by atoms with Crippen LogP contribution in [0.2, 0.25) is 0 Å². The smallest absolute Gasteiger partial charge is 0.223 e. The van der Waals surface area contributed by atoms with E-state index in [9.17, 15) is 4.79 Å². The van der Waals surface area contributed by atoms with Gasteiger partial charge in [0.15, 0.2) is 0 Å². The first kappa shape index (κ1) is 21.3. The summed E-state index contributed by atoms with van der Waals surface area (Å²) >= 11 is 0. The molecule has 0 spiro atoms. The zero-order chi connectivity index (χ0) is 20.1. The molecule has 0 saturated carbocycles. The van der Waals surface area contributed by atoms with Gasteiger partial charge in [-0.15, -0.1) is 0 Å². The van der Waals surface area contributed by atoms with E-state index in [1.807, 2.05) is 0 Å². The van der Waals surface area contributed by atoms with Gasteiger partial charge in [0.1, 0.15) is 0 Å². The molecule has 1 amide bonds. The molecule has 1 aliphatic carbocycles. The number of nitrogens with zero attached hydrogens (tertiary/aromatic N) is 3. The quantitative estimate of drug-likeness (QED) is 0.736. The van der Waals surface area contributed by atoms with Crippen LogP contribution in [-0.4, -0.2) is 54.6 Å². The Kier molecular flexibility index (Phi) is 7.54. The number of hydrogen-bond acceptors (Lipinski definition) is 4. The lowest BCUT2D eigenvalue weighted by atomic mass is 9.69. The zero-order valence-electron chi connectivity index (χ0n) is 18.0. The number of nitrogens with one attached hydrogen (secondary N) is 1. The highest BCUT2D eigenvalue weighted by Gasteiger charge is 2.34. The Morgan fingerprint density at radius 3 is 2.64 bits per heavy atom. The normalized spacial score (nSPS) is 32.1. The second-order valence-electron chi connectivity index (χ2n) is 9.36. The van der Waals surface area contributed by atoms with Crippen molar-refractivity contribution in [1.82, 2.24) is 15.1 Å². The van der Waals surface area contributed by atoms with Crippen LogP contribution in [-0.2, 0) is 4.79 Å². The molecule has 1 N–H and O–H groups in total. The van der Waals surface area contributed by atoms with Crippen LogP contribution in [0.25, 0.3) is 0 Å². The molecule has 0 aromatic heterocycles. The predicted molar refractivity (Wildman–Crippen MR) is 112 cm³/mol. The maximum absolute atomic E-state index is 13.0. The standard InChI is InChI=1S/C23H38N4O/c1-17(2)21-15-20(18(3)14-19(21)7-8-24)16-23(28)27-12-10-26(11-13-27)22-6-4-5-9-25-22/h14,17,19-22,25H,4-7,9-13,15-16H2,1-3H3/t19-,20+,21+,22?/m1/s1. The van der Waals surface area contributed by atoms with E-state index < -0.39 is 0 Å². The van der Waals surface area contributed by atoms with Crippen molar-refractivity contribution in [3.8, 4) is 6.07 Å². The van der Waals surface area contributed by atoms with Crippen molar-refractivity contribution in [2.75, 3.05) is 32.7 Å². The molecule has 5 heteroatoms. The summed E-state index contributed by atoms with van der Waals surface area (Å²) in [5.41, 5.74) is 1.32. The van der Waals surface area contributed by atoms with Crippen LogP contribution >= 0.6 is 0 Å². The summed E-state index contributed by atoms with van der Waals surface area (Å²) in [6.45, 7) is 11.5. The van der Waals surface area contributed by atoms with Crippen LogP contribution in [0.1, 0.15) is 59.3 Å². The summed E-state index contributed by atoms with van der Waals surface area (Å²) in [5.74, 6) is 2.06. The van der Waals surface area contributed by atoms with Gasteiger partial charge in [0.05, 0.1) is 12.2 Å². The predicted octanol–water partition coefficient (Wildman–Crippen LogP) is 3.39. The minimum atomic E-state index is 0.315. The van der Waals surface area contributed by atoms with Crippen molar-refractivity contribution in [1.29, 1.82) is 5.26 Å². The van der Waals surface area contributed by atoms with Crippen molar-refractivity contribution in [3.05, 3.63) is 11.6 Å². The van der Waals surface area contributed by atoms with Crippen LogP contribution in [0, 0.1) is 35.0 Å². The highest BCUT2D eigenvalue weighted by Crippen LogP contribution is 2.40. The van der Waals surface area contributed by atoms with E-state index in [1.54, 1.807) is 0 Å². The van der Waals surface area contributed by atoms with Gasteiger partial charge in [-0.1, -0.05) is 25.5 Å². The third-order valence-corrected chi connectivity index (χ3v) is 7.22. The monoisotopic (exact) mass is 386 g/mol. The second kappa shape index (κ2) is 9.89. The summed E-state index contributed by atoms with van der Waals surface area (Å²) < 4.78 is 0. The molecule has 2 heterocycles. The van der Waals surface area contributed by atoms with Gasteiger partial charge < -0.3 is 10.2 Å². The molecule has 3 aliphatic rings. The molecule has 0 bridgehead atoms. The molecule has 0 radical (unpaired) electrons. The summed E-state index contributed by atoms with van der Waals surface area (Å²) in [7, 11) is 0. The van der Waals surface area contributed by atoms with Crippen LogP contribution in [0.3, 0.4) is 0 Å². The number of nitriles is 1. The van der Waals surface area contributed by atoms with Crippen LogP contribution in [0.4, 0.5) is 0 Å². The third-order valence-electron chi connectivity index (χ3n) is 7.22. The zero-order valence-corrected chi connectivity index (χ0v) is 18.0. The molecule has 4 atom stereocenters. The van der Waals surface area contributed by atoms with E-state index in [4.69, 9.17) is 5.26 Å². The van der Waals surface area contributed by atoms with Gasteiger partial charge in [-0.25, -0.2) is 0 Å². The Hall–Kier alpha value is -1.38. The Morgan fingerprint density at radius 2 is 2.04 bits per heavy atom. The van der Waals surface area contributed by atoms with Gasteiger partial charge in [-0.05, 0) is 62.8 Å². The SMILES string of the molecule is CC1=C[C@@H](CC#N)[C@H](C(C)C)C[C@H]1CC(=O)N1CCN(C2CCCCN2)CC1. The lowest BCUT2D eigenvalue weighted by Crippen LogP contribution is -2.57. The highest BCUT2D eigenvalue weighted by molar-refractivity contribution is 5.77. The number of piperidine rings is 1. The minimum absolute atomic E-state index is 0.315. The maximum Gasteiger partial charge on any atom is 0.223 e. The average Bonchev–Trinajstić information content (AvgIpc) is 2.70. The number of carbonyl (C=O) groups excluding carboxylic acids is 1. The average molecular weight is 387 g/mol. The Bertz CT molecular complexity index is 594. The number of piperazine rings is 1. The van der Waals surface area contributed by atoms with Crippen LogP contribution in [0.5, 0.6) is 0 Å². The van der Waals surface area contributed by atoms with Crippen molar-refractivity contribution >= 4 is 5.91 Å². The molecule has 2 fully saturated rings. The van der Waals surface area contributed by atoms with Crippen molar-refractivity contribution in [3.63, 3.8) is 0 Å². The highest BCUT2D eigenvalue weighted by atomic mass is 16.2. The molecule has 3 rings (SSSR count). The Labute approximate surface area is 171 Å². The first-order valence-corrected chi connectivity index (χ1v) is 11.3. The summed E-state index contributed by atoms with van der Waals surface area (Å²) in [4.78, 5) is 17.6. The van der Waals surface area contributed by atoms with E-state index in [0.717, 1.165) is 39.1 Å². The molecule has 0 aromatic rings. The first-order valence-electron chi connectivity index (χ1n) is 11.3. The van der Waals surface area contributed by atoms with Crippen molar-refractivity contribution < 1.29 is 4.79 Å². The number of allylic oxidation sites excluding steroid dienone is 2. The fourth-order valence-electron chi connectivity index (χ4n) is 5.38.